The van der Waals surface area contributed by atoms with Crippen LogP contribution in [0, 0.1) is 5.92 Å². The molecular weight excluding hydrogens is 346 g/mol. The highest BCUT2D eigenvalue weighted by molar-refractivity contribution is 7.15. The molecule has 1 aliphatic heterocycles. The number of aryl methyl sites for hydroxylation is 2. The van der Waals surface area contributed by atoms with Crippen LogP contribution in [0.5, 0.6) is 0 Å². The Morgan fingerprint density at radius 1 is 1.29 bits per heavy atom. The van der Waals surface area contributed by atoms with Gasteiger partial charge >= 0.3 is 0 Å². The molecule has 0 unspecified atom stereocenters. The van der Waals surface area contributed by atoms with Crippen LogP contribution in [-0.2, 0) is 17.6 Å². The molecule has 2 aromatic heterocycles. The van der Waals surface area contributed by atoms with Gasteiger partial charge in [0.25, 0.3) is 0 Å². The molecule has 1 saturated heterocycles. The number of anilines is 2. The van der Waals surface area contributed by atoms with Gasteiger partial charge < -0.3 is 10.2 Å². The lowest BCUT2D eigenvalue weighted by atomic mass is 9.97. The highest BCUT2D eigenvalue weighted by atomic mass is 35.5. The molecule has 24 heavy (non-hydrogen) atoms. The van der Waals surface area contributed by atoms with Gasteiger partial charge in [-0.15, -0.1) is 21.5 Å². The molecule has 1 atom stereocenters. The number of aromatic nitrogens is 3. The Morgan fingerprint density at radius 3 is 3.00 bits per heavy atom. The maximum Gasteiger partial charge on any atom is 0.231 e. The molecule has 8 heteroatoms. The number of hydrogen-bond donors (Lipinski definition) is 1. The van der Waals surface area contributed by atoms with E-state index in [9.17, 15) is 4.79 Å². The lowest BCUT2D eigenvalue weighted by Crippen LogP contribution is -2.41. The van der Waals surface area contributed by atoms with Crippen LogP contribution in [0.1, 0.15) is 29.8 Å². The van der Waals surface area contributed by atoms with Crippen molar-refractivity contribution in [2.75, 3.05) is 23.3 Å². The average Bonchev–Trinajstić information content (AvgIpc) is 3.17. The molecule has 2 aliphatic rings. The van der Waals surface area contributed by atoms with Crippen molar-refractivity contribution < 1.29 is 4.79 Å². The van der Waals surface area contributed by atoms with E-state index in [4.69, 9.17) is 11.6 Å². The van der Waals surface area contributed by atoms with Crippen molar-refractivity contribution in [1.29, 1.82) is 0 Å². The van der Waals surface area contributed by atoms with E-state index in [1.807, 2.05) is 6.07 Å². The third kappa shape index (κ3) is 3.23. The van der Waals surface area contributed by atoms with Crippen molar-refractivity contribution in [2.45, 2.75) is 32.1 Å². The predicted octanol–water partition coefficient (Wildman–Crippen LogP) is 2.93. The Labute approximate surface area is 149 Å². The van der Waals surface area contributed by atoms with Gasteiger partial charge in [-0.05, 0) is 44.2 Å². The molecule has 2 aromatic rings. The van der Waals surface area contributed by atoms with Gasteiger partial charge in [-0.1, -0.05) is 11.6 Å². The van der Waals surface area contributed by atoms with Crippen LogP contribution in [0.3, 0.4) is 0 Å². The first kappa shape index (κ1) is 15.8. The molecule has 3 heterocycles. The van der Waals surface area contributed by atoms with Crippen molar-refractivity contribution in [1.82, 2.24) is 15.2 Å². The normalized spacial score (nSPS) is 20.0. The van der Waals surface area contributed by atoms with Crippen molar-refractivity contribution in [3.63, 3.8) is 0 Å². The second-order valence-corrected chi connectivity index (χ2v) is 7.70. The monoisotopic (exact) mass is 363 g/mol. The van der Waals surface area contributed by atoms with E-state index >= 15 is 0 Å². The number of nitrogens with zero attached hydrogens (tertiary/aromatic N) is 4. The number of nitrogens with one attached hydrogen (secondary N) is 1. The SMILES string of the molecule is O=C(Nc1nc2c(s1)CCC2)[C@H]1CCCN(c2ccc(Cl)nn2)C1. The highest BCUT2D eigenvalue weighted by Crippen LogP contribution is 2.31. The summed E-state index contributed by atoms with van der Waals surface area (Å²) in [6.45, 7) is 1.53. The highest BCUT2D eigenvalue weighted by Gasteiger charge is 2.28. The summed E-state index contributed by atoms with van der Waals surface area (Å²) < 4.78 is 0. The van der Waals surface area contributed by atoms with Crippen LogP contribution < -0.4 is 10.2 Å². The van der Waals surface area contributed by atoms with Crippen molar-refractivity contribution in [3.8, 4) is 0 Å². The second-order valence-electron chi connectivity index (χ2n) is 6.23. The molecule has 6 nitrogen and oxygen atoms in total. The zero-order chi connectivity index (χ0) is 16.5. The Balaban J connectivity index is 1.41. The van der Waals surface area contributed by atoms with Gasteiger partial charge in [0.15, 0.2) is 16.1 Å². The molecule has 0 spiro atoms. The standard InChI is InChI=1S/C16H18ClN5OS/c17-13-6-7-14(21-20-13)22-8-2-3-10(9-22)15(23)19-16-18-11-4-1-5-12(11)24-16/h6-7,10H,1-5,8-9H2,(H,18,19,23)/t10-/m0/s1. The minimum Gasteiger partial charge on any atom is -0.354 e. The molecule has 0 saturated carbocycles. The first-order chi connectivity index (χ1) is 11.7. The summed E-state index contributed by atoms with van der Waals surface area (Å²) >= 11 is 7.41. The van der Waals surface area contributed by atoms with E-state index in [0.29, 0.717) is 11.7 Å². The number of carbonyl (C=O) groups is 1. The van der Waals surface area contributed by atoms with Gasteiger partial charge in [-0.2, -0.15) is 0 Å². The second kappa shape index (κ2) is 6.64. The van der Waals surface area contributed by atoms with E-state index in [1.165, 1.54) is 11.3 Å². The smallest absolute Gasteiger partial charge is 0.231 e. The summed E-state index contributed by atoms with van der Waals surface area (Å²) in [6.07, 6.45) is 5.15. The van der Waals surface area contributed by atoms with E-state index in [0.717, 1.165) is 48.9 Å². The van der Waals surface area contributed by atoms with Crippen LogP contribution >= 0.6 is 22.9 Å². The van der Waals surface area contributed by atoms with E-state index in [2.05, 4.69) is 25.4 Å². The van der Waals surface area contributed by atoms with Gasteiger partial charge in [-0.3, -0.25) is 4.79 Å². The zero-order valence-electron chi connectivity index (χ0n) is 13.2. The maximum absolute atomic E-state index is 12.6. The molecule has 0 aromatic carbocycles. The Hall–Kier alpha value is -1.73. The van der Waals surface area contributed by atoms with Crippen LogP contribution in [0.2, 0.25) is 5.15 Å². The molecule has 1 aliphatic carbocycles. The third-order valence-corrected chi connectivity index (χ3v) is 5.83. The maximum atomic E-state index is 12.6. The number of thiazole rings is 1. The fourth-order valence-electron chi connectivity index (χ4n) is 3.33. The van der Waals surface area contributed by atoms with Gasteiger partial charge in [0, 0.05) is 18.0 Å². The molecule has 0 bridgehead atoms. The lowest BCUT2D eigenvalue weighted by Gasteiger charge is -2.32. The molecule has 1 N–H and O–H groups in total. The summed E-state index contributed by atoms with van der Waals surface area (Å²) in [6, 6.07) is 3.58. The van der Waals surface area contributed by atoms with Crippen molar-refractivity contribution in [2.24, 2.45) is 5.92 Å². The number of rotatable bonds is 3. The molecule has 4 rings (SSSR count). The van der Waals surface area contributed by atoms with Crippen LogP contribution in [0.4, 0.5) is 10.9 Å². The minimum absolute atomic E-state index is 0.0500. The largest absolute Gasteiger partial charge is 0.354 e. The summed E-state index contributed by atoms with van der Waals surface area (Å²) in [7, 11) is 0. The van der Waals surface area contributed by atoms with Crippen LogP contribution in [0.15, 0.2) is 12.1 Å². The van der Waals surface area contributed by atoms with E-state index < -0.39 is 0 Å². The van der Waals surface area contributed by atoms with Crippen LogP contribution in [-0.4, -0.2) is 34.2 Å². The number of carbonyl (C=O) groups excluding carboxylic acids is 1. The fourth-order valence-corrected chi connectivity index (χ4v) is 4.48. The topological polar surface area (TPSA) is 71.0 Å². The Kier molecular flexibility index (Phi) is 4.37. The van der Waals surface area contributed by atoms with Crippen LogP contribution in [0.25, 0.3) is 0 Å². The van der Waals surface area contributed by atoms with Gasteiger partial charge in [-0.25, -0.2) is 4.98 Å². The number of fused-ring (bicyclic) bond motifs is 1. The van der Waals surface area contributed by atoms with E-state index in [-0.39, 0.29) is 11.8 Å². The summed E-state index contributed by atoms with van der Waals surface area (Å²) in [5.74, 6) is 0.758. The fraction of sp³-hybridized carbons (Fsp3) is 0.500. The summed E-state index contributed by atoms with van der Waals surface area (Å²) in [5.41, 5.74) is 1.16. The zero-order valence-corrected chi connectivity index (χ0v) is 14.7. The average molecular weight is 364 g/mol. The molecule has 0 radical (unpaired) electrons. The summed E-state index contributed by atoms with van der Waals surface area (Å²) in [4.78, 5) is 20.6. The molecule has 126 valence electrons. The quantitative estimate of drug-likeness (QED) is 0.907. The van der Waals surface area contributed by atoms with E-state index in [1.54, 1.807) is 17.4 Å². The third-order valence-electron chi connectivity index (χ3n) is 4.56. The molecule has 1 fully saturated rings. The number of hydrogen-bond acceptors (Lipinski definition) is 6. The van der Waals surface area contributed by atoms with Gasteiger partial charge in [0.1, 0.15) is 0 Å². The lowest BCUT2D eigenvalue weighted by molar-refractivity contribution is -0.120. The van der Waals surface area contributed by atoms with Gasteiger partial charge in [0.2, 0.25) is 5.91 Å². The molecule has 1 amide bonds. The number of piperidine rings is 1. The molecular formula is C16H18ClN5OS. The van der Waals surface area contributed by atoms with Crippen molar-refractivity contribution in [3.05, 3.63) is 27.9 Å². The van der Waals surface area contributed by atoms with Crippen molar-refractivity contribution >= 4 is 39.8 Å². The Bertz CT molecular complexity index is 726. The number of halogens is 1. The minimum atomic E-state index is -0.0602. The first-order valence-corrected chi connectivity index (χ1v) is 9.42. The predicted molar refractivity (Wildman–Crippen MR) is 94.7 cm³/mol. The summed E-state index contributed by atoms with van der Waals surface area (Å²) in [5, 5.41) is 12.1. The van der Waals surface area contributed by atoms with Gasteiger partial charge in [0.05, 0.1) is 11.6 Å². The number of amides is 1. The Morgan fingerprint density at radius 2 is 2.21 bits per heavy atom. The first-order valence-electron chi connectivity index (χ1n) is 8.22.